The van der Waals surface area contributed by atoms with Crippen molar-refractivity contribution in [3.05, 3.63) is 11.6 Å². The maximum Gasteiger partial charge on any atom is 0.246 e. The molecule has 7 nitrogen and oxygen atoms in total. The average Bonchev–Trinajstić information content (AvgIpc) is 2.81. The number of hydrogen-bond donors (Lipinski definition) is 2. The van der Waals surface area contributed by atoms with E-state index in [4.69, 9.17) is 0 Å². The Morgan fingerprint density at radius 3 is 2.03 bits per heavy atom. The lowest BCUT2D eigenvalue weighted by molar-refractivity contribution is -0.139. The minimum atomic E-state index is -0.600. The summed E-state index contributed by atoms with van der Waals surface area (Å²) in [6.07, 6.45) is 13.1. The van der Waals surface area contributed by atoms with Gasteiger partial charge in [-0.25, -0.2) is 0 Å². The van der Waals surface area contributed by atoms with Gasteiger partial charge in [0.05, 0.1) is 12.1 Å². The zero-order valence-electron chi connectivity index (χ0n) is 23.9. The van der Waals surface area contributed by atoms with Crippen molar-refractivity contribution in [3.8, 4) is 0 Å². The lowest BCUT2D eigenvalue weighted by Crippen LogP contribution is -2.57. The predicted octanol–water partition coefficient (Wildman–Crippen LogP) is 4.27. The summed E-state index contributed by atoms with van der Waals surface area (Å²) in [5.74, 6) is -0.139. The van der Waals surface area contributed by atoms with Crippen LogP contribution in [0.2, 0.25) is 0 Å². The van der Waals surface area contributed by atoms with Crippen LogP contribution in [-0.2, 0) is 14.4 Å². The fourth-order valence-corrected chi connectivity index (χ4v) is 5.52. The quantitative estimate of drug-likeness (QED) is 0.460. The van der Waals surface area contributed by atoms with Gasteiger partial charge in [0.15, 0.2) is 0 Å². The Balaban J connectivity index is 2.09. The van der Waals surface area contributed by atoms with Gasteiger partial charge in [0, 0.05) is 18.7 Å². The van der Waals surface area contributed by atoms with Crippen LogP contribution in [0.1, 0.15) is 98.8 Å². The van der Waals surface area contributed by atoms with E-state index in [1.165, 1.54) is 32.1 Å². The van der Waals surface area contributed by atoms with Crippen LogP contribution in [0.4, 0.5) is 0 Å². The normalized spacial score (nSPS) is 22.5. The molecule has 1 saturated carbocycles. The van der Waals surface area contributed by atoms with Crippen molar-refractivity contribution in [1.82, 2.24) is 20.4 Å². The molecular weight excluding hydrogens is 452 g/mol. The maximum absolute atomic E-state index is 13.6. The van der Waals surface area contributed by atoms with E-state index in [0.717, 1.165) is 38.6 Å². The average molecular weight is 505 g/mol. The van der Waals surface area contributed by atoms with Crippen LogP contribution < -0.4 is 10.6 Å². The molecule has 3 atom stereocenters. The first-order valence-electron chi connectivity index (χ1n) is 14.3. The van der Waals surface area contributed by atoms with Gasteiger partial charge >= 0.3 is 0 Å². The van der Waals surface area contributed by atoms with Crippen molar-refractivity contribution in [2.24, 2.45) is 11.8 Å². The van der Waals surface area contributed by atoms with Gasteiger partial charge in [0.1, 0.15) is 6.04 Å². The summed E-state index contributed by atoms with van der Waals surface area (Å²) in [7, 11) is 3.77. The molecule has 1 saturated heterocycles. The third kappa shape index (κ3) is 8.89. The number of rotatable bonds is 9. The van der Waals surface area contributed by atoms with E-state index in [0.29, 0.717) is 5.57 Å². The number of nitrogens with zero attached hydrogens (tertiary/aromatic N) is 2. The summed E-state index contributed by atoms with van der Waals surface area (Å²) in [6.45, 7) is 10.8. The molecule has 0 bridgehead atoms. The first-order valence-corrected chi connectivity index (χ1v) is 14.3. The molecule has 206 valence electrons. The smallest absolute Gasteiger partial charge is 0.246 e. The lowest BCUT2D eigenvalue weighted by Gasteiger charge is -2.36. The number of piperidine rings is 1. The van der Waals surface area contributed by atoms with Crippen LogP contribution in [0, 0.1) is 11.8 Å². The number of hydrogen-bond acceptors (Lipinski definition) is 4. The SMILES string of the molecule is C/C(=C\[C@H](C(C)C)N(C)C(=O)C(NC(=O)C1CCCCN1C)C(C)C)C(=O)NC1CCCCCCC1. The fourth-order valence-electron chi connectivity index (χ4n) is 5.52. The number of likely N-dealkylation sites (N-methyl/N-ethyl adjacent to an activating group) is 2. The third-order valence-electron chi connectivity index (χ3n) is 8.00. The monoisotopic (exact) mass is 504 g/mol. The van der Waals surface area contributed by atoms with Crippen LogP contribution in [0.15, 0.2) is 11.6 Å². The number of carbonyl (C=O) groups excluding carboxylic acids is 3. The second-order valence-corrected chi connectivity index (χ2v) is 11.8. The highest BCUT2D eigenvalue weighted by molar-refractivity contribution is 5.93. The van der Waals surface area contributed by atoms with Crippen molar-refractivity contribution < 1.29 is 14.4 Å². The lowest BCUT2D eigenvalue weighted by atomic mass is 9.95. The Hall–Kier alpha value is -1.89. The van der Waals surface area contributed by atoms with Gasteiger partial charge in [-0.05, 0) is 58.0 Å². The van der Waals surface area contributed by atoms with Gasteiger partial charge in [-0.15, -0.1) is 0 Å². The first kappa shape index (κ1) is 30.3. The van der Waals surface area contributed by atoms with E-state index in [-0.39, 0.29) is 47.7 Å². The van der Waals surface area contributed by atoms with E-state index in [9.17, 15) is 14.4 Å². The number of amides is 3. The highest BCUT2D eigenvalue weighted by Gasteiger charge is 2.34. The molecule has 0 radical (unpaired) electrons. The van der Waals surface area contributed by atoms with E-state index in [2.05, 4.69) is 29.4 Å². The minimum Gasteiger partial charge on any atom is -0.350 e. The Kier molecular flexibility index (Phi) is 12.4. The summed E-state index contributed by atoms with van der Waals surface area (Å²) < 4.78 is 0. The minimum absolute atomic E-state index is 0.0406. The van der Waals surface area contributed by atoms with Crippen molar-refractivity contribution in [3.63, 3.8) is 0 Å². The van der Waals surface area contributed by atoms with Gasteiger partial charge in [0.25, 0.3) is 0 Å². The van der Waals surface area contributed by atoms with Gasteiger partial charge < -0.3 is 15.5 Å². The molecule has 0 spiro atoms. The van der Waals surface area contributed by atoms with E-state index in [1.807, 2.05) is 33.9 Å². The first-order chi connectivity index (χ1) is 17.0. The second kappa shape index (κ2) is 14.7. The van der Waals surface area contributed by atoms with Gasteiger partial charge in [-0.2, -0.15) is 0 Å². The highest BCUT2D eigenvalue weighted by Crippen LogP contribution is 2.20. The Labute approximate surface area is 219 Å². The molecule has 2 unspecified atom stereocenters. The zero-order valence-corrected chi connectivity index (χ0v) is 23.9. The molecular formula is C29H52N4O3. The highest BCUT2D eigenvalue weighted by atomic mass is 16.2. The molecule has 3 amide bonds. The van der Waals surface area contributed by atoms with Crippen molar-refractivity contribution in [1.29, 1.82) is 0 Å². The predicted molar refractivity (Wildman–Crippen MR) is 146 cm³/mol. The molecule has 2 rings (SSSR count). The van der Waals surface area contributed by atoms with E-state index in [1.54, 1.807) is 11.9 Å². The summed E-state index contributed by atoms with van der Waals surface area (Å²) in [5.41, 5.74) is 0.643. The largest absolute Gasteiger partial charge is 0.350 e. The van der Waals surface area contributed by atoms with Crippen LogP contribution in [0.5, 0.6) is 0 Å². The van der Waals surface area contributed by atoms with Crippen molar-refractivity contribution in [2.45, 2.75) is 123 Å². The number of nitrogens with one attached hydrogen (secondary N) is 2. The molecule has 1 aliphatic heterocycles. The van der Waals surface area contributed by atoms with Gasteiger partial charge in [-0.1, -0.05) is 72.3 Å². The van der Waals surface area contributed by atoms with Crippen LogP contribution in [-0.4, -0.2) is 72.3 Å². The Bertz CT molecular complexity index is 756. The molecule has 36 heavy (non-hydrogen) atoms. The molecule has 2 aliphatic rings. The standard InChI is InChI=1S/C29H52N4O3/c1-20(2)25(19-22(5)27(34)30-23-15-11-9-8-10-12-16-23)33(7)29(36)26(21(3)4)31-28(35)24-17-13-14-18-32(24)6/h19-21,23-26H,8-18H2,1-7H3,(H,30,34)(H,31,35)/b22-19+/t24?,25-,26?/m1/s1. The molecule has 2 fully saturated rings. The molecule has 1 aliphatic carbocycles. The van der Waals surface area contributed by atoms with E-state index < -0.39 is 6.04 Å². The topological polar surface area (TPSA) is 81.8 Å². The summed E-state index contributed by atoms with van der Waals surface area (Å²) in [5, 5.41) is 6.29. The van der Waals surface area contributed by atoms with E-state index >= 15 is 0 Å². The number of likely N-dealkylation sites (tertiary alicyclic amines) is 1. The van der Waals surface area contributed by atoms with Gasteiger partial charge in [0.2, 0.25) is 17.7 Å². The molecule has 1 heterocycles. The zero-order chi connectivity index (χ0) is 26.8. The molecule has 0 aromatic heterocycles. The summed E-state index contributed by atoms with van der Waals surface area (Å²) in [6, 6.07) is -0.790. The van der Waals surface area contributed by atoms with Crippen LogP contribution in [0.25, 0.3) is 0 Å². The molecule has 0 aromatic rings. The Morgan fingerprint density at radius 2 is 1.47 bits per heavy atom. The Morgan fingerprint density at radius 1 is 0.889 bits per heavy atom. The van der Waals surface area contributed by atoms with Crippen molar-refractivity contribution in [2.75, 3.05) is 20.6 Å². The molecule has 7 heteroatoms. The third-order valence-corrected chi connectivity index (χ3v) is 8.00. The van der Waals surface area contributed by atoms with Gasteiger partial charge in [-0.3, -0.25) is 19.3 Å². The fraction of sp³-hybridized carbons (Fsp3) is 0.828. The summed E-state index contributed by atoms with van der Waals surface area (Å²) in [4.78, 5) is 43.5. The molecule has 2 N–H and O–H groups in total. The summed E-state index contributed by atoms with van der Waals surface area (Å²) >= 11 is 0. The van der Waals surface area contributed by atoms with Crippen LogP contribution in [0.3, 0.4) is 0 Å². The number of carbonyl (C=O) groups is 3. The van der Waals surface area contributed by atoms with Crippen molar-refractivity contribution >= 4 is 17.7 Å². The van der Waals surface area contributed by atoms with Crippen LogP contribution >= 0.6 is 0 Å². The molecule has 0 aromatic carbocycles. The maximum atomic E-state index is 13.6. The second-order valence-electron chi connectivity index (χ2n) is 11.8.